The summed E-state index contributed by atoms with van der Waals surface area (Å²) in [7, 11) is -3.68. The van der Waals surface area contributed by atoms with E-state index in [1.807, 2.05) is 11.8 Å². The maximum Gasteiger partial charge on any atom is 0.238 e. The Hall–Kier alpha value is -0.430. The normalized spacial score (nSPS) is 11.5. The number of hydrogen-bond acceptors (Lipinski definition) is 4. The predicted molar refractivity (Wildman–Crippen MR) is 78.9 cm³/mol. The molecule has 7 heteroatoms. The highest BCUT2D eigenvalue weighted by Crippen LogP contribution is 2.24. The fraction of sp³-hybridized carbons (Fsp3) is 0.455. The third kappa shape index (κ3) is 5.06. The molecule has 0 saturated heterocycles. The summed E-state index contributed by atoms with van der Waals surface area (Å²) in [6.07, 6.45) is 4.19. The van der Waals surface area contributed by atoms with Gasteiger partial charge in [-0.3, -0.25) is 0 Å². The summed E-state index contributed by atoms with van der Waals surface area (Å²) in [5, 5.41) is 8.68. The van der Waals surface area contributed by atoms with Crippen molar-refractivity contribution in [3.63, 3.8) is 0 Å². The number of primary sulfonamides is 1. The van der Waals surface area contributed by atoms with Gasteiger partial charge in [-0.2, -0.15) is 11.8 Å². The summed E-state index contributed by atoms with van der Waals surface area (Å²) in [6.45, 7) is 0.758. The van der Waals surface area contributed by atoms with E-state index in [1.165, 1.54) is 18.2 Å². The zero-order valence-corrected chi connectivity index (χ0v) is 12.5. The van der Waals surface area contributed by atoms with Crippen molar-refractivity contribution in [2.24, 2.45) is 5.14 Å². The summed E-state index contributed by atoms with van der Waals surface area (Å²) in [4.78, 5) is 0.0681. The Kier molecular flexibility index (Phi) is 6.28. The van der Waals surface area contributed by atoms with E-state index in [2.05, 4.69) is 11.6 Å². The Morgan fingerprint density at radius 3 is 2.72 bits per heavy atom. The maximum absolute atomic E-state index is 11.2. The van der Waals surface area contributed by atoms with Gasteiger partial charge in [0.1, 0.15) is 0 Å². The van der Waals surface area contributed by atoms with Crippen molar-refractivity contribution in [3.8, 4) is 0 Å². The van der Waals surface area contributed by atoms with Crippen LogP contribution in [0.1, 0.15) is 12.8 Å². The second-order valence-electron chi connectivity index (χ2n) is 3.81. The van der Waals surface area contributed by atoms with E-state index in [0.29, 0.717) is 10.7 Å². The van der Waals surface area contributed by atoms with Gasteiger partial charge in [0, 0.05) is 6.54 Å². The summed E-state index contributed by atoms with van der Waals surface area (Å²) in [5.41, 5.74) is 0.604. The van der Waals surface area contributed by atoms with E-state index in [-0.39, 0.29) is 4.90 Å². The van der Waals surface area contributed by atoms with Crippen LogP contribution in [0.2, 0.25) is 5.02 Å². The molecule has 102 valence electrons. The molecule has 4 nitrogen and oxygen atoms in total. The van der Waals surface area contributed by atoms with Crippen molar-refractivity contribution in [1.29, 1.82) is 0 Å². The van der Waals surface area contributed by atoms with Gasteiger partial charge in [-0.15, -0.1) is 0 Å². The van der Waals surface area contributed by atoms with E-state index in [1.54, 1.807) is 0 Å². The monoisotopic (exact) mass is 308 g/mol. The zero-order valence-electron chi connectivity index (χ0n) is 10.1. The lowest BCUT2D eigenvalue weighted by Gasteiger charge is -2.09. The van der Waals surface area contributed by atoms with Gasteiger partial charge in [0.25, 0.3) is 0 Å². The Labute approximate surface area is 117 Å². The standard InChI is InChI=1S/C11H17ClN2O2S2/c1-17-7-3-2-6-14-11-8-9(18(13,15)16)4-5-10(11)12/h4-5,8,14H,2-3,6-7H2,1H3,(H2,13,15,16). The lowest BCUT2D eigenvalue weighted by atomic mass is 10.3. The molecular weight excluding hydrogens is 292 g/mol. The van der Waals surface area contributed by atoms with Gasteiger partial charge in [-0.25, -0.2) is 13.6 Å². The predicted octanol–water partition coefficient (Wildman–Crippen LogP) is 2.54. The molecule has 0 fully saturated rings. The Morgan fingerprint density at radius 2 is 2.11 bits per heavy atom. The summed E-state index contributed by atoms with van der Waals surface area (Å²) in [5.74, 6) is 1.12. The van der Waals surface area contributed by atoms with Gasteiger partial charge in [-0.1, -0.05) is 11.6 Å². The minimum absolute atomic E-state index is 0.0681. The maximum atomic E-state index is 11.2. The zero-order chi connectivity index (χ0) is 13.6. The van der Waals surface area contributed by atoms with Gasteiger partial charge in [-0.05, 0) is 43.0 Å². The number of nitrogens with one attached hydrogen (secondary N) is 1. The van der Waals surface area contributed by atoms with Crippen LogP contribution >= 0.6 is 23.4 Å². The van der Waals surface area contributed by atoms with Crippen molar-refractivity contribution >= 4 is 39.1 Å². The molecule has 0 aliphatic heterocycles. The Bertz CT molecular complexity index is 492. The first-order valence-electron chi connectivity index (χ1n) is 5.50. The van der Waals surface area contributed by atoms with E-state index < -0.39 is 10.0 Å². The summed E-state index contributed by atoms with van der Waals surface area (Å²) in [6, 6.07) is 4.40. The smallest absolute Gasteiger partial charge is 0.238 e. The number of halogens is 1. The Morgan fingerprint density at radius 1 is 1.39 bits per heavy atom. The molecule has 0 amide bonds. The third-order valence-electron chi connectivity index (χ3n) is 2.36. The molecule has 0 bridgehead atoms. The first kappa shape index (κ1) is 15.6. The number of rotatable bonds is 7. The van der Waals surface area contributed by atoms with Crippen LogP contribution in [0, 0.1) is 0 Å². The van der Waals surface area contributed by atoms with Crippen molar-refractivity contribution in [1.82, 2.24) is 0 Å². The third-order valence-corrected chi connectivity index (χ3v) is 4.29. The fourth-order valence-electron chi connectivity index (χ4n) is 1.41. The number of hydrogen-bond donors (Lipinski definition) is 2. The number of nitrogens with two attached hydrogens (primary N) is 1. The minimum Gasteiger partial charge on any atom is -0.384 e. The van der Waals surface area contributed by atoms with Crippen LogP contribution in [0.15, 0.2) is 23.1 Å². The van der Waals surface area contributed by atoms with Crippen LogP contribution in [-0.2, 0) is 10.0 Å². The first-order valence-corrected chi connectivity index (χ1v) is 8.82. The van der Waals surface area contributed by atoms with E-state index >= 15 is 0 Å². The fourth-order valence-corrected chi connectivity index (χ4v) is 2.63. The number of benzene rings is 1. The molecule has 1 aromatic carbocycles. The van der Waals surface area contributed by atoms with Gasteiger partial charge in [0.15, 0.2) is 0 Å². The minimum atomic E-state index is -3.68. The van der Waals surface area contributed by atoms with Crippen molar-refractivity contribution in [2.75, 3.05) is 23.9 Å². The molecule has 0 radical (unpaired) electrons. The highest BCUT2D eigenvalue weighted by Gasteiger charge is 2.10. The number of anilines is 1. The highest BCUT2D eigenvalue weighted by atomic mass is 35.5. The summed E-state index contributed by atoms with van der Waals surface area (Å²) < 4.78 is 22.4. The molecule has 0 aliphatic carbocycles. The van der Waals surface area contributed by atoms with Gasteiger partial charge >= 0.3 is 0 Å². The first-order chi connectivity index (χ1) is 8.45. The van der Waals surface area contributed by atoms with Crippen molar-refractivity contribution in [3.05, 3.63) is 23.2 Å². The van der Waals surface area contributed by atoms with Crippen molar-refractivity contribution < 1.29 is 8.42 Å². The Balaban J connectivity index is 2.65. The highest BCUT2D eigenvalue weighted by molar-refractivity contribution is 7.98. The number of unbranched alkanes of at least 4 members (excludes halogenated alkanes) is 1. The number of sulfonamides is 1. The molecule has 0 aliphatic rings. The molecule has 0 saturated carbocycles. The SMILES string of the molecule is CSCCCCNc1cc(S(N)(=O)=O)ccc1Cl. The van der Waals surface area contributed by atoms with Crippen LogP contribution in [0.4, 0.5) is 5.69 Å². The van der Waals surface area contributed by atoms with E-state index in [9.17, 15) is 8.42 Å². The van der Waals surface area contributed by atoms with Gasteiger partial charge in [0.2, 0.25) is 10.0 Å². The second-order valence-corrected chi connectivity index (χ2v) is 6.77. The molecule has 0 unspecified atom stereocenters. The van der Waals surface area contributed by atoms with Gasteiger partial charge in [0.05, 0.1) is 15.6 Å². The second kappa shape index (κ2) is 7.23. The molecule has 0 aromatic heterocycles. The van der Waals surface area contributed by atoms with Crippen LogP contribution in [-0.4, -0.2) is 27.0 Å². The van der Waals surface area contributed by atoms with E-state index in [4.69, 9.17) is 16.7 Å². The van der Waals surface area contributed by atoms with Crippen molar-refractivity contribution in [2.45, 2.75) is 17.7 Å². The van der Waals surface area contributed by atoms with Crippen LogP contribution in [0.25, 0.3) is 0 Å². The molecule has 3 N–H and O–H groups in total. The molecule has 1 rings (SSSR count). The van der Waals surface area contributed by atoms with Crippen LogP contribution in [0.5, 0.6) is 0 Å². The lowest BCUT2D eigenvalue weighted by Crippen LogP contribution is -2.12. The summed E-state index contributed by atoms with van der Waals surface area (Å²) >= 11 is 7.79. The van der Waals surface area contributed by atoms with Gasteiger partial charge < -0.3 is 5.32 Å². The molecule has 0 atom stereocenters. The lowest BCUT2D eigenvalue weighted by molar-refractivity contribution is 0.598. The molecular formula is C11H17ClN2O2S2. The largest absolute Gasteiger partial charge is 0.384 e. The van der Waals surface area contributed by atoms with Crippen LogP contribution < -0.4 is 10.5 Å². The quantitative estimate of drug-likeness (QED) is 0.759. The number of thioether (sulfide) groups is 1. The van der Waals surface area contributed by atoms with Crippen LogP contribution in [0.3, 0.4) is 0 Å². The molecule has 0 heterocycles. The van der Waals surface area contributed by atoms with E-state index in [0.717, 1.165) is 25.1 Å². The molecule has 0 spiro atoms. The average molecular weight is 309 g/mol. The molecule has 1 aromatic rings. The molecule has 18 heavy (non-hydrogen) atoms. The topological polar surface area (TPSA) is 72.2 Å². The average Bonchev–Trinajstić information content (AvgIpc) is 2.29.